The highest BCUT2D eigenvalue weighted by Crippen LogP contribution is 2.23. The van der Waals surface area contributed by atoms with Gasteiger partial charge in [-0.25, -0.2) is 4.79 Å². The van der Waals surface area contributed by atoms with Crippen LogP contribution in [0, 0.1) is 6.92 Å². The van der Waals surface area contributed by atoms with Crippen LogP contribution in [0.1, 0.15) is 51.2 Å². The van der Waals surface area contributed by atoms with E-state index in [1.54, 1.807) is 6.92 Å². The van der Waals surface area contributed by atoms with Crippen molar-refractivity contribution in [2.45, 2.75) is 53.1 Å². The molecule has 0 bridgehead atoms. The number of benzene rings is 1. The normalized spacial score (nSPS) is 11.9. The van der Waals surface area contributed by atoms with E-state index in [4.69, 9.17) is 9.47 Å². The van der Waals surface area contributed by atoms with E-state index in [0.29, 0.717) is 18.2 Å². The van der Waals surface area contributed by atoms with Crippen molar-refractivity contribution in [2.75, 3.05) is 13.2 Å². The molecule has 5 heteroatoms. The molecule has 0 aliphatic heterocycles. The van der Waals surface area contributed by atoms with Gasteiger partial charge in [-0.3, -0.25) is 4.79 Å². The lowest BCUT2D eigenvalue weighted by atomic mass is 9.98. The second kappa shape index (κ2) is 9.18. The quantitative estimate of drug-likeness (QED) is 0.748. The van der Waals surface area contributed by atoms with Gasteiger partial charge in [-0.2, -0.15) is 0 Å². The third kappa shape index (κ3) is 6.30. The minimum atomic E-state index is -0.817. The molecule has 1 atom stereocenters. The monoisotopic (exact) mass is 321 g/mol. The maximum Gasteiger partial charge on any atom is 0.344 e. The molecule has 0 heterocycles. The Bertz CT molecular complexity index is 540. The molecule has 0 aromatic heterocycles. The molecular formula is C18H27NO4. The number of hydrogen-bond donors (Lipinski definition) is 1. The molecule has 0 aliphatic carbocycles. The zero-order valence-corrected chi connectivity index (χ0v) is 14.6. The zero-order chi connectivity index (χ0) is 17.4. The third-order valence-corrected chi connectivity index (χ3v) is 3.45. The second-order valence-electron chi connectivity index (χ2n) is 5.88. The van der Waals surface area contributed by atoms with E-state index in [-0.39, 0.29) is 12.5 Å². The fraction of sp³-hybridized carbons (Fsp3) is 0.556. The molecular weight excluding hydrogens is 294 g/mol. The highest BCUT2D eigenvalue weighted by atomic mass is 16.6. The van der Waals surface area contributed by atoms with Crippen LogP contribution < -0.4 is 10.1 Å². The van der Waals surface area contributed by atoms with Crippen molar-refractivity contribution in [3.05, 3.63) is 29.3 Å². The van der Waals surface area contributed by atoms with E-state index in [0.717, 1.165) is 12.0 Å². The maximum absolute atomic E-state index is 11.7. The smallest absolute Gasteiger partial charge is 0.344 e. The van der Waals surface area contributed by atoms with E-state index >= 15 is 0 Å². The lowest BCUT2D eigenvalue weighted by Gasteiger charge is -2.14. The van der Waals surface area contributed by atoms with Crippen LogP contribution >= 0.6 is 0 Å². The molecule has 0 aliphatic rings. The summed E-state index contributed by atoms with van der Waals surface area (Å²) in [5.74, 6) is 0.204. The summed E-state index contributed by atoms with van der Waals surface area (Å²) in [6, 6.07) is 5.74. The van der Waals surface area contributed by atoms with Crippen LogP contribution in [0.5, 0.6) is 5.75 Å². The maximum atomic E-state index is 11.7. The van der Waals surface area contributed by atoms with Gasteiger partial charge in [0.2, 0.25) is 0 Å². The zero-order valence-electron chi connectivity index (χ0n) is 14.6. The summed E-state index contributed by atoms with van der Waals surface area (Å²) in [5.41, 5.74) is 2.37. The van der Waals surface area contributed by atoms with Gasteiger partial charge >= 0.3 is 5.97 Å². The molecule has 0 radical (unpaired) electrons. The van der Waals surface area contributed by atoms with Crippen LogP contribution in [-0.4, -0.2) is 31.1 Å². The SMILES string of the molecule is CCCNC(=O)[C@@H](C)OC(=O)COc1ccc(C(C)C)c(C)c1. The number of aryl methyl sites for hydroxylation is 1. The summed E-state index contributed by atoms with van der Waals surface area (Å²) in [4.78, 5) is 23.4. The highest BCUT2D eigenvalue weighted by molar-refractivity contribution is 5.83. The van der Waals surface area contributed by atoms with Crippen molar-refractivity contribution in [3.63, 3.8) is 0 Å². The first-order valence-corrected chi connectivity index (χ1v) is 8.05. The number of hydrogen-bond acceptors (Lipinski definition) is 4. The average Bonchev–Trinajstić information content (AvgIpc) is 2.50. The summed E-state index contributed by atoms with van der Waals surface area (Å²) in [5, 5.41) is 2.68. The van der Waals surface area contributed by atoms with E-state index in [9.17, 15) is 9.59 Å². The van der Waals surface area contributed by atoms with Gasteiger partial charge < -0.3 is 14.8 Å². The highest BCUT2D eigenvalue weighted by Gasteiger charge is 2.17. The topological polar surface area (TPSA) is 64.6 Å². The minimum absolute atomic E-state index is 0.216. The van der Waals surface area contributed by atoms with E-state index in [1.807, 2.05) is 32.0 Å². The van der Waals surface area contributed by atoms with E-state index in [2.05, 4.69) is 19.2 Å². The summed E-state index contributed by atoms with van der Waals surface area (Å²) in [6.07, 6.45) is 0.0176. The number of rotatable bonds is 8. The fourth-order valence-corrected chi connectivity index (χ4v) is 2.20. The largest absolute Gasteiger partial charge is 0.482 e. The van der Waals surface area contributed by atoms with Crippen LogP contribution in [-0.2, 0) is 14.3 Å². The lowest BCUT2D eigenvalue weighted by Crippen LogP contribution is -2.37. The third-order valence-electron chi connectivity index (χ3n) is 3.45. The molecule has 0 spiro atoms. The van der Waals surface area contributed by atoms with Gasteiger partial charge in [0, 0.05) is 6.54 Å². The van der Waals surface area contributed by atoms with Crippen molar-refractivity contribution >= 4 is 11.9 Å². The Morgan fingerprint density at radius 3 is 2.48 bits per heavy atom. The Balaban J connectivity index is 2.47. The van der Waals surface area contributed by atoms with Crippen molar-refractivity contribution in [1.29, 1.82) is 0 Å². The van der Waals surface area contributed by atoms with Gasteiger partial charge in [0.15, 0.2) is 12.7 Å². The molecule has 1 N–H and O–H groups in total. The number of carbonyl (C=O) groups is 2. The van der Waals surface area contributed by atoms with Crippen molar-refractivity contribution < 1.29 is 19.1 Å². The Morgan fingerprint density at radius 1 is 1.22 bits per heavy atom. The summed E-state index contributed by atoms with van der Waals surface area (Å²) < 4.78 is 10.5. The predicted octanol–water partition coefficient (Wildman–Crippen LogP) is 2.96. The number of esters is 1. The van der Waals surface area contributed by atoms with Crippen LogP contribution in [0.3, 0.4) is 0 Å². The molecule has 1 aromatic rings. The predicted molar refractivity (Wildman–Crippen MR) is 89.6 cm³/mol. The van der Waals surface area contributed by atoms with Gasteiger partial charge in [-0.1, -0.05) is 26.8 Å². The van der Waals surface area contributed by atoms with Crippen molar-refractivity contribution in [2.24, 2.45) is 0 Å². The Kier molecular flexibility index (Phi) is 7.59. The average molecular weight is 321 g/mol. The molecule has 23 heavy (non-hydrogen) atoms. The first-order chi connectivity index (χ1) is 10.8. The summed E-state index contributed by atoms with van der Waals surface area (Å²) >= 11 is 0. The van der Waals surface area contributed by atoms with Gasteiger partial charge in [-0.05, 0) is 49.4 Å². The van der Waals surface area contributed by atoms with Gasteiger partial charge in [0.25, 0.3) is 5.91 Å². The lowest BCUT2D eigenvalue weighted by molar-refractivity contribution is -0.156. The molecule has 1 aromatic carbocycles. The summed E-state index contributed by atoms with van der Waals surface area (Å²) in [7, 11) is 0. The Hall–Kier alpha value is -2.04. The number of nitrogens with one attached hydrogen (secondary N) is 1. The van der Waals surface area contributed by atoms with Crippen molar-refractivity contribution in [3.8, 4) is 5.75 Å². The standard InChI is InChI=1S/C18H27NO4/c1-6-9-19-18(21)14(5)23-17(20)11-22-15-7-8-16(12(2)3)13(4)10-15/h7-8,10,12,14H,6,9,11H2,1-5H3,(H,19,21)/t14-/m1/s1. The summed E-state index contributed by atoms with van der Waals surface area (Å²) in [6.45, 7) is 10.1. The number of carbonyl (C=O) groups excluding carboxylic acids is 2. The molecule has 0 unspecified atom stereocenters. The van der Waals surface area contributed by atoms with Crippen LogP contribution in [0.2, 0.25) is 0 Å². The second-order valence-corrected chi connectivity index (χ2v) is 5.88. The minimum Gasteiger partial charge on any atom is -0.482 e. The van der Waals surface area contributed by atoms with E-state index < -0.39 is 12.1 Å². The molecule has 1 rings (SSSR count). The van der Waals surface area contributed by atoms with Gasteiger partial charge in [0.05, 0.1) is 0 Å². The first-order valence-electron chi connectivity index (χ1n) is 8.05. The molecule has 0 saturated carbocycles. The molecule has 0 fully saturated rings. The van der Waals surface area contributed by atoms with E-state index in [1.165, 1.54) is 5.56 Å². The molecule has 5 nitrogen and oxygen atoms in total. The number of amides is 1. The first kappa shape index (κ1) is 19.0. The molecule has 0 saturated heterocycles. The van der Waals surface area contributed by atoms with Gasteiger partial charge in [0.1, 0.15) is 5.75 Å². The Labute approximate surface area is 138 Å². The number of ether oxygens (including phenoxy) is 2. The molecule has 1 amide bonds. The fourth-order valence-electron chi connectivity index (χ4n) is 2.20. The van der Waals surface area contributed by atoms with Crippen LogP contribution in [0.15, 0.2) is 18.2 Å². The Morgan fingerprint density at radius 2 is 1.91 bits per heavy atom. The molecule has 128 valence electrons. The van der Waals surface area contributed by atoms with Gasteiger partial charge in [-0.15, -0.1) is 0 Å². The van der Waals surface area contributed by atoms with Crippen LogP contribution in [0.4, 0.5) is 0 Å². The van der Waals surface area contributed by atoms with Crippen molar-refractivity contribution in [1.82, 2.24) is 5.32 Å². The van der Waals surface area contributed by atoms with Crippen LogP contribution in [0.25, 0.3) is 0 Å².